The molecule has 0 atom stereocenters. The fourth-order valence-electron chi connectivity index (χ4n) is 3.11. The fourth-order valence-corrected chi connectivity index (χ4v) is 3.85. The van der Waals surface area contributed by atoms with Crippen molar-refractivity contribution >= 4 is 23.6 Å². The Balaban J connectivity index is 1.45. The molecule has 0 saturated carbocycles. The summed E-state index contributed by atoms with van der Waals surface area (Å²) in [4.78, 5) is 24.3. The second-order valence-electron chi connectivity index (χ2n) is 7.16. The number of hydrogen-bond acceptors (Lipinski definition) is 5. The molecule has 0 aliphatic carbocycles. The van der Waals surface area contributed by atoms with Crippen LogP contribution in [0.2, 0.25) is 0 Å². The Bertz CT molecular complexity index is 1300. The molecule has 172 valence electrons. The van der Waals surface area contributed by atoms with Gasteiger partial charge in [-0.1, -0.05) is 54.2 Å². The van der Waals surface area contributed by atoms with Crippen LogP contribution in [0.5, 0.6) is 0 Å². The smallest absolute Gasteiger partial charge is 0.269 e. The van der Waals surface area contributed by atoms with Crippen molar-refractivity contribution in [3.63, 3.8) is 0 Å². The van der Waals surface area contributed by atoms with E-state index in [1.165, 1.54) is 18.2 Å². The minimum absolute atomic E-state index is 0.0755. The van der Waals surface area contributed by atoms with Crippen LogP contribution in [0.15, 0.2) is 84.0 Å². The Labute approximate surface area is 198 Å². The topological polar surface area (TPSA) is 88.9 Å². The molecule has 0 radical (unpaired) electrons. The van der Waals surface area contributed by atoms with Gasteiger partial charge in [-0.15, -0.1) is 10.2 Å². The van der Waals surface area contributed by atoms with Gasteiger partial charge in [0, 0.05) is 5.56 Å². The van der Waals surface area contributed by atoms with Gasteiger partial charge in [0.05, 0.1) is 17.9 Å². The zero-order valence-corrected chi connectivity index (χ0v) is 18.6. The van der Waals surface area contributed by atoms with Crippen LogP contribution >= 0.6 is 11.8 Å². The molecular weight excluding hydrogens is 460 g/mol. The van der Waals surface area contributed by atoms with Gasteiger partial charge in [0.15, 0.2) is 11.0 Å². The summed E-state index contributed by atoms with van der Waals surface area (Å²) in [6.07, 6.45) is 0. The summed E-state index contributed by atoms with van der Waals surface area (Å²) in [5.74, 6) is -1.69. The summed E-state index contributed by atoms with van der Waals surface area (Å²) in [6.45, 7) is 0.378. The maximum atomic E-state index is 14.4. The monoisotopic (exact) mass is 479 g/mol. The second-order valence-corrected chi connectivity index (χ2v) is 8.10. The lowest BCUT2D eigenvalue weighted by atomic mass is 10.2. The van der Waals surface area contributed by atoms with Crippen LogP contribution in [0.1, 0.15) is 15.9 Å². The number of halogens is 2. The van der Waals surface area contributed by atoms with Gasteiger partial charge in [-0.3, -0.25) is 25.0 Å². The van der Waals surface area contributed by atoms with Crippen LogP contribution in [-0.4, -0.2) is 32.3 Å². The molecule has 7 nitrogen and oxygen atoms in total. The summed E-state index contributed by atoms with van der Waals surface area (Å²) in [7, 11) is 0. The first-order valence-electron chi connectivity index (χ1n) is 10.2. The number of rotatable bonds is 7. The lowest BCUT2D eigenvalue weighted by molar-refractivity contribution is -0.119. The van der Waals surface area contributed by atoms with E-state index in [9.17, 15) is 18.4 Å². The van der Waals surface area contributed by atoms with E-state index in [2.05, 4.69) is 21.0 Å². The Morgan fingerprint density at radius 3 is 2.29 bits per heavy atom. The number of carbonyl (C=O) groups is 2. The van der Waals surface area contributed by atoms with Crippen molar-refractivity contribution in [1.82, 2.24) is 25.6 Å². The van der Waals surface area contributed by atoms with E-state index in [0.717, 1.165) is 29.5 Å². The van der Waals surface area contributed by atoms with Crippen molar-refractivity contribution in [2.24, 2.45) is 0 Å². The summed E-state index contributed by atoms with van der Waals surface area (Å²) in [6, 6.07) is 20.7. The highest BCUT2D eigenvalue weighted by Crippen LogP contribution is 2.26. The largest absolute Gasteiger partial charge is 0.297 e. The summed E-state index contributed by atoms with van der Waals surface area (Å²) < 4.78 is 29.2. The molecule has 0 unspecified atom stereocenters. The first kappa shape index (κ1) is 23.1. The van der Waals surface area contributed by atoms with Crippen LogP contribution in [0.3, 0.4) is 0 Å². The number of hydrogen-bond donors (Lipinski definition) is 2. The van der Waals surface area contributed by atoms with E-state index >= 15 is 0 Å². The maximum absolute atomic E-state index is 14.4. The molecule has 0 bridgehead atoms. The average molecular weight is 480 g/mol. The van der Waals surface area contributed by atoms with Crippen molar-refractivity contribution in [2.75, 3.05) is 5.75 Å². The number of carbonyl (C=O) groups excluding carboxylic acids is 2. The van der Waals surface area contributed by atoms with Crippen LogP contribution in [0.4, 0.5) is 8.78 Å². The van der Waals surface area contributed by atoms with Crippen LogP contribution in [-0.2, 0) is 11.3 Å². The third-order valence-electron chi connectivity index (χ3n) is 4.77. The molecule has 0 aliphatic rings. The van der Waals surface area contributed by atoms with E-state index in [-0.39, 0.29) is 11.3 Å². The van der Waals surface area contributed by atoms with Crippen molar-refractivity contribution in [2.45, 2.75) is 11.7 Å². The van der Waals surface area contributed by atoms with Gasteiger partial charge in [0.1, 0.15) is 11.6 Å². The Morgan fingerprint density at radius 2 is 1.56 bits per heavy atom. The average Bonchev–Trinajstić information content (AvgIpc) is 3.24. The fraction of sp³-hybridized carbons (Fsp3) is 0.0833. The molecule has 0 aliphatic heterocycles. The zero-order valence-electron chi connectivity index (χ0n) is 17.7. The highest BCUT2D eigenvalue weighted by atomic mass is 32.2. The van der Waals surface area contributed by atoms with E-state index in [0.29, 0.717) is 23.1 Å². The quantitative estimate of drug-likeness (QED) is 0.311. The van der Waals surface area contributed by atoms with Gasteiger partial charge < -0.3 is 0 Å². The van der Waals surface area contributed by atoms with Crippen molar-refractivity contribution in [3.05, 3.63) is 102 Å². The molecule has 3 aromatic carbocycles. The van der Waals surface area contributed by atoms with Crippen molar-refractivity contribution in [3.8, 4) is 11.4 Å². The molecule has 1 aromatic heterocycles. The molecule has 0 fully saturated rings. The van der Waals surface area contributed by atoms with Crippen LogP contribution in [0, 0.1) is 11.6 Å². The first-order chi connectivity index (χ1) is 16.5. The molecule has 0 spiro atoms. The standard InChI is InChI=1S/C24H19F2N5O2S/c25-18-12-10-17(11-13-18)23(33)29-27-21(32)15-34-24-30-28-22(19-8-4-5-9-20(19)26)31(24)14-16-6-2-1-3-7-16/h1-13H,14-15H2,(H,27,32)(H,29,33). The normalized spacial score (nSPS) is 10.6. The summed E-state index contributed by atoms with van der Waals surface area (Å²) >= 11 is 1.10. The Kier molecular flexibility index (Phi) is 7.28. The number of thioether (sulfide) groups is 1. The summed E-state index contributed by atoms with van der Waals surface area (Å²) in [5, 5.41) is 8.74. The van der Waals surface area contributed by atoms with Gasteiger partial charge >= 0.3 is 0 Å². The number of nitrogens with zero attached hydrogens (tertiary/aromatic N) is 3. The number of aromatic nitrogens is 3. The molecule has 10 heteroatoms. The molecule has 2 amide bonds. The van der Waals surface area contributed by atoms with Gasteiger partial charge in [-0.2, -0.15) is 0 Å². The van der Waals surface area contributed by atoms with Gasteiger partial charge in [0.25, 0.3) is 5.91 Å². The molecule has 4 aromatic rings. The van der Waals surface area contributed by atoms with E-state index < -0.39 is 23.4 Å². The molecule has 4 rings (SSSR count). The first-order valence-corrected chi connectivity index (χ1v) is 11.2. The van der Waals surface area contributed by atoms with Crippen molar-refractivity contribution in [1.29, 1.82) is 0 Å². The molecular formula is C24H19F2N5O2S. The lowest BCUT2D eigenvalue weighted by Gasteiger charge is -2.11. The molecule has 1 heterocycles. The Morgan fingerprint density at radius 1 is 0.853 bits per heavy atom. The predicted molar refractivity (Wildman–Crippen MR) is 124 cm³/mol. The molecule has 2 N–H and O–H groups in total. The second kappa shape index (κ2) is 10.7. The third kappa shape index (κ3) is 5.65. The predicted octanol–water partition coefficient (Wildman–Crippen LogP) is 3.82. The van der Waals surface area contributed by atoms with Gasteiger partial charge in [-0.05, 0) is 42.0 Å². The van der Waals surface area contributed by atoms with Gasteiger partial charge in [-0.25, -0.2) is 8.78 Å². The minimum atomic E-state index is -0.576. The maximum Gasteiger partial charge on any atom is 0.269 e. The number of nitrogens with one attached hydrogen (secondary N) is 2. The molecule has 0 saturated heterocycles. The van der Waals surface area contributed by atoms with Crippen LogP contribution < -0.4 is 10.9 Å². The highest BCUT2D eigenvalue weighted by molar-refractivity contribution is 7.99. The van der Waals surface area contributed by atoms with E-state index in [1.807, 2.05) is 30.3 Å². The highest BCUT2D eigenvalue weighted by Gasteiger charge is 2.18. The van der Waals surface area contributed by atoms with Crippen molar-refractivity contribution < 1.29 is 18.4 Å². The number of amides is 2. The number of hydrazine groups is 1. The van der Waals surface area contributed by atoms with Gasteiger partial charge in [0.2, 0.25) is 5.91 Å². The summed E-state index contributed by atoms with van der Waals surface area (Å²) in [5.41, 5.74) is 6.05. The third-order valence-corrected chi connectivity index (χ3v) is 5.74. The van der Waals surface area contributed by atoms with Crippen LogP contribution in [0.25, 0.3) is 11.4 Å². The minimum Gasteiger partial charge on any atom is -0.297 e. The molecule has 34 heavy (non-hydrogen) atoms. The zero-order chi connectivity index (χ0) is 23.9. The Hall–Kier alpha value is -4.05. The lowest BCUT2D eigenvalue weighted by Crippen LogP contribution is -2.42. The SMILES string of the molecule is O=C(CSc1nnc(-c2ccccc2F)n1Cc1ccccc1)NNC(=O)c1ccc(F)cc1. The van der Waals surface area contributed by atoms with E-state index in [1.54, 1.807) is 22.8 Å². The number of benzene rings is 3. The van der Waals surface area contributed by atoms with E-state index in [4.69, 9.17) is 0 Å².